The molecule has 0 unspecified atom stereocenters. The van der Waals surface area contributed by atoms with Gasteiger partial charge >= 0.3 is 0 Å². The predicted octanol–water partition coefficient (Wildman–Crippen LogP) is 2.88. The van der Waals surface area contributed by atoms with Crippen LogP contribution in [0, 0.1) is 11.3 Å². The highest BCUT2D eigenvalue weighted by Crippen LogP contribution is 2.26. The highest BCUT2D eigenvalue weighted by atomic mass is 16.5. The number of benzene rings is 2. The normalized spacial score (nSPS) is 14.4. The molecule has 0 atom stereocenters. The zero-order chi connectivity index (χ0) is 22.6. The number of carbonyl (C=O) groups is 1. The van der Waals surface area contributed by atoms with Gasteiger partial charge in [-0.3, -0.25) is 4.79 Å². The van der Waals surface area contributed by atoms with Crippen molar-refractivity contribution in [1.82, 2.24) is 5.32 Å². The Labute approximate surface area is 189 Å². The Morgan fingerprint density at radius 3 is 2.50 bits per heavy atom. The van der Waals surface area contributed by atoms with Crippen molar-refractivity contribution < 1.29 is 19.4 Å². The van der Waals surface area contributed by atoms with Crippen molar-refractivity contribution in [2.24, 2.45) is 0 Å². The van der Waals surface area contributed by atoms with Crippen LogP contribution in [0.2, 0.25) is 0 Å². The van der Waals surface area contributed by atoms with Gasteiger partial charge in [0.05, 0.1) is 33.0 Å². The summed E-state index contributed by atoms with van der Waals surface area (Å²) in [6.45, 7) is 3.87. The molecular weight excluding hydrogens is 406 g/mol. The lowest BCUT2D eigenvalue weighted by molar-refractivity contribution is -0.117. The van der Waals surface area contributed by atoms with E-state index in [0.717, 1.165) is 29.4 Å². The van der Waals surface area contributed by atoms with E-state index in [1.54, 1.807) is 6.08 Å². The third-order valence-corrected chi connectivity index (χ3v) is 5.38. The number of aliphatic hydroxyl groups is 1. The Morgan fingerprint density at radius 1 is 1.03 bits per heavy atom. The van der Waals surface area contributed by atoms with Crippen LogP contribution in [0.1, 0.15) is 24.8 Å². The van der Waals surface area contributed by atoms with Crippen LogP contribution in [-0.2, 0) is 14.3 Å². The van der Waals surface area contributed by atoms with E-state index in [1.807, 2.05) is 24.3 Å². The summed E-state index contributed by atoms with van der Waals surface area (Å²) in [6, 6.07) is 14.4. The van der Waals surface area contributed by atoms with Gasteiger partial charge in [0.2, 0.25) is 0 Å². The number of carbonyl (C=O) groups excluding carboxylic acids is 1. The molecule has 7 nitrogen and oxygen atoms in total. The smallest absolute Gasteiger partial charge is 0.262 e. The summed E-state index contributed by atoms with van der Waals surface area (Å²) in [5, 5.41) is 23.0. The van der Waals surface area contributed by atoms with E-state index in [4.69, 9.17) is 14.6 Å². The lowest BCUT2D eigenvalue weighted by Crippen LogP contribution is -2.29. The molecule has 1 fully saturated rings. The number of fused-ring (bicyclic) bond motifs is 1. The summed E-state index contributed by atoms with van der Waals surface area (Å²) < 4.78 is 10.4. The van der Waals surface area contributed by atoms with Gasteiger partial charge in [-0.05, 0) is 59.9 Å². The molecule has 0 bridgehead atoms. The molecule has 2 aromatic rings. The van der Waals surface area contributed by atoms with Crippen LogP contribution in [0.3, 0.4) is 0 Å². The molecule has 0 saturated carbocycles. The number of aliphatic hydroxyl groups excluding tert-OH is 1. The Balaban J connectivity index is 1.55. The van der Waals surface area contributed by atoms with Gasteiger partial charge in [-0.15, -0.1) is 0 Å². The van der Waals surface area contributed by atoms with E-state index in [2.05, 4.69) is 28.4 Å². The van der Waals surface area contributed by atoms with Crippen molar-refractivity contribution in [3.05, 3.63) is 47.5 Å². The monoisotopic (exact) mass is 437 g/mol. The minimum absolute atomic E-state index is 0.0177. The Hall–Kier alpha value is -2.92. The van der Waals surface area contributed by atoms with Crippen LogP contribution in [0.15, 0.2) is 42.0 Å². The van der Waals surface area contributed by atoms with Crippen LogP contribution in [0.4, 0.5) is 5.69 Å². The molecule has 1 saturated heterocycles. The van der Waals surface area contributed by atoms with E-state index in [1.165, 1.54) is 24.9 Å². The third kappa shape index (κ3) is 7.06. The van der Waals surface area contributed by atoms with Gasteiger partial charge in [-0.1, -0.05) is 18.2 Å². The van der Waals surface area contributed by atoms with Crippen LogP contribution in [-0.4, -0.2) is 63.7 Å². The van der Waals surface area contributed by atoms with Gasteiger partial charge in [0, 0.05) is 25.3 Å². The predicted molar refractivity (Wildman–Crippen MR) is 125 cm³/mol. The number of rotatable bonds is 11. The molecule has 1 amide bonds. The van der Waals surface area contributed by atoms with E-state index in [0.29, 0.717) is 26.4 Å². The molecule has 1 aliphatic rings. The van der Waals surface area contributed by atoms with Crippen molar-refractivity contribution >= 4 is 28.4 Å². The van der Waals surface area contributed by atoms with Crippen LogP contribution >= 0.6 is 0 Å². The lowest BCUT2D eigenvalue weighted by atomic mass is 10.0. The number of nitrogens with zero attached hydrogens (tertiary/aromatic N) is 2. The van der Waals surface area contributed by atoms with Crippen LogP contribution < -0.4 is 10.2 Å². The molecular formula is C25H31N3O4. The average molecular weight is 438 g/mol. The molecule has 1 aliphatic heterocycles. The van der Waals surface area contributed by atoms with Gasteiger partial charge < -0.3 is 24.8 Å². The summed E-state index contributed by atoms with van der Waals surface area (Å²) >= 11 is 0. The SMILES string of the molecule is N#CC(=Cc1ccc2cc(N3CCCCC3)ccc2c1)C(=O)NCCOCCOCCO. The van der Waals surface area contributed by atoms with Gasteiger partial charge in [0.15, 0.2) is 0 Å². The zero-order valence-electron chi connectivity index (χ0n) is 18.4. The molecule has 0 aliphatic carbocycles. The Kier molecular flexibility index (Phi) is 9.51. The second-order valence-corrected chi connectivity index (χ2v) is 7.71. The number of piperidine rings is 1. The number of nitriles is 1. The van der Waals surface area contributed by atoms with Gasteiger partial charge in [0.1, 0.15) is 11.6 Å². The standard InChI is InChI=1S/C25H31N3O4/c26-19-23(25(30)27-8-12-31-14-15-32-13-11-29)17-20-4-5-22-18-24(7-6-21(22)16-20)28-9-2-1-3-10-28/h4-7,16-18,29H,1-3,8-15H2,(H,27,30). The largest absolute Gasteiger partial charge is 0.394 e. The van der Waals surface area contributed by atoms with E-state index in [9.17, 15) is 10.1 Å². The maximum absolute atomic E-state index is 12.3. The van der Waals surface area contributed by atoms with Crippen molar-refractivity contribution in [3.8, 4) is 6.07 Å². The molecule has 7 heteroatoms. The molecule has 0 radical (unpaired) electrons. The fourth-order valence-electron chi connectivity index (χ4n) is 3.72. The number of hydrogen-bond acceptors (Lipinski definition) is 6. The highest BCUT2D eigenvalue weighted by molar-refractivity contribution is 6.02. The second-order valence-electron chi connectivity index (χ2n) is 7.71. The fraction of sp³-hybridized carbons (Fsp3) is 0.440. The molecule has 3 rings (SSSR count). The third-order valence-electron chi connectivity index (χ3n) is 5.38. The molecule has 32 heavy (non-hydrogen) atoms. The topological polar surface area (TPSA) is 94.8 Å². The van der Waals surface area contributed by atoms with E-state index >= 15 is 0 Å². The number of anilines is 1. The minimum atomic E-state index is -0.423. The van der Waals surface area contributed by atoms with Crippen molar-refractivity contribution in [1.29, 1.82) is 5.26 Å². The first-order chi connectivity index (χ1) is 15.7. The number of nitrogens with one attached hydrogen (secondary N) is 1. The van der Waals surface area contributed by atoms with Crippen molar-refractivity contribution in [2.75, 3.05) is 57.6 Å². The molecule has 2 N–H and O–H groups in total. The zero-order valence-corrected chi connectivity index (χ0v) is 18.4. The van der Waals surface area contributed by atoms with Gasteiger partial charge in [-0.25, -0.2) is 0 Å². The molecule has 170 valence electrons. The Bertz CT molecular complexity index is 961. The molecule has 0 spiro atoms. The first-order valence-corrected chi connectivity index (χ1v) is 11.2. The maximum Gasteiger partial charge on any atom is 0.262 e. The van der Waals surface area contributed by atoms with Gasteiger partial charge in [0.25, 0.3) is 5.91 Å². The fourth-order valence-corrected chi connectivity index (χ4v) is 3.72. The first-order valence-electron chi connectivity index (χ1n) is 11.2. The highest BCUT2D eigenvalue weighted by Gasteiger charge is 2.12. The van der Waals surface area contributed by atoms with Crippen LogP contribution in [0.5, 0.6) is 0 Å². The summed E-state index contributed by atoms with van der Waals surface area (Å²) in [4.78, 5) is 14.8. The van der Waals surface area contributed by atoms with E-state index < -0.39 is 5.91 Å². The van der Waals surface area contributed by atoms with Gasteiger partial charge in [-0.2, -0.15) is 5.26 Å². The number of amides is 1. The summed E-state index contributed by atoms with van der Waals surface area (Å²) in [6.07, 6.45) is 5.40. The molecule has 0 aromatic heterocycles. The number of hydrogen-bond donors (Lipinski definition) is 2. The van der Waals surface area contributed by atoms with Crippen LogP contribution in [0.25, 0.3) is 16.8 Å². The summed E-state index contributed by atoms with van der Waals surface area (Å²) in [7, 11) is 0. The van der Waals surface area contributed by atoms with E-state index in [-0.39, 0.29) is 18.8 Å². The van der Waals surface area contributed by atoms with Crippen molar-refractivity contribution in [2.45, 2.75) is 19.3 Å². The van der Waals surface area contributed by atoms with Crippen molar-refractivity contribution in [3.63, 3.8) is 0 Å². The average Bonchev–Trinajstić information content (AvgIpc) is 2.84. The minimum Gasteiger partial charge on any atom is -0.394 e. The Morgan fingerprint density at radius 2 is 1.75 bits per heavy atom. The maximum atomic E-state index is 12.3. The first kappa shape index (κ1) is 23.7. The molecule has 2 aromatic carbocycles. The summed E-state index contributed by atoms with van der Waals surface area (Å²) in [5.74, 6) is -0.423. The summed E-state index contributed by atoms with van der Waals surface area (Å²) in [5.41, 5.74) is 2.12. The quantitative estimate of drug-likeness (QED) is 0.319. The lowest BCUT2D eigenvalue weighted by Gasteiger charge is -2.29. The molecule has 1 heterocycles. The number of ether oxygens (including phenoxy) is 2. The second kappa shape index (κ2) is 12.8.